The lowest BCUT2D eigenvalue weighted by atomic mass is 10.0. The van der Waals surface area contributed by atoms with Crippen LogP contribution >= 0.6 is 0 Å². The van der Waals surface area contributed by atoms with Crippen LogP contribution in [0.3, 0.4) is 0 Å². The summed E-state index contributed by atoms with van der Waals surface area (Å²) in [6.45, 7) is 4.10. The Morgan fingerprint density at radius 2 is 2.43 bits per heavy atom. The van der Waals surface area contributed by atoms with E-state index in [9.17, 15) is 4.79 Å². The molecular formula is C10H15NO3. The van der Waals surface area contributed by atoms with Gasteiger partial charge in [0.2, 0.25) is 0 Å². The standard InChI is InChI=1S/C10H15NO3/c1-3-13-10(12)7-4-5-8-9(7)11-6(2)14-8/h7-9H,3-5H2,1-2H3/t7-,8-,9+/m0/s1. The number of fused-ring (bicyclic) bond motifs is 1. The maximum atomic E-state index is 11.5. The second-order valence-corrected chi connectivity index (χ2v) is 3.73. The van der Waals surface area contributed by atoms with Crippen LogP contribution in [0.25, 0.3) is 0 Å². The van der Waals surface area contributed by atoms with Gasteiger partial charge in [-0.1, -0.05) is 0 Å². The first-order valence-corrected chi connectivity index (χ1v) is 5.10. The minimum atomic E-state index is -0.123. The summed E-state index contributed by atoms with van der Waals surface area (Å²) < 4.78 is 10.5. The first-order valence-electron chi connectivity index (χ1n) is 5.10. The van der Waals surface area contributed by atoms with Crippen molar-refractivity contribution in [2.45, 2.75) is 38.8 Å². The van der Waals surface area contributed by atoms with Gasteiger partial charge in [-0.3, -0.25) is 4.79 Å². The SMILES string of the molecule is CCOC(=O)[C@H]1CC[C@@H]2OC(C)=N[C@@H]21. The summed E-state index contributed by atoms with van der Waals surface area (Å²) in [6.07, 6.45) is 1.87. The highest BCUT2D eigenvalue weighted by Gasteiger charge is 2.45. The Bertz CT molecular complexity index is 275. The average molecular weight is 197 g/mol. The van der Waals surface area contributed by atoms with Crippen molar-refractivity contribution >= 4 is 11.9 Å². The molecule has 4 nitrogen and oxygen atoms in total. The number of carbonyl (C=O) groups is 1. The minimum absolute atomic E-state index is 0.00838. The van der Waals surface area contributed by atoms with E-state index in [0.717, 1.165) is 12.8 Å². The van der Waals surface area contributed by atoms with Gasteiger partial charge in [-0.15, -0.1) is 0 Å². The second-order valence-electron chi connectivity index (χ2n) is 3.73. The summed E-state index contributed by atoms with van der Waals surface area (Å²) in [5, 5.41) is 0. The fourth-order valence-electron chi connectivity index (χ4n) is 2.21. The summed E-state index contributed by atoms with van der Waals surface area (Å²) in [6, 6.07) is 0.00838. The summed E-state index contributed by atoms with van der Waals surface area (Å²) in [5.74, 6) is 0.494. The summed E-state index contributed by atoms with van der Waals surface area (Å²) >= 11 is 0. The molecule has 0 aromatic rings. The van der Waals surface area contributed by atoms with Crippen LogP contribution in [0.15, 0.2) is 4.99 Å². The molecule has 1 aliphatic carbocycles. The molecule has 2 aliphatic rings. The molecule has 0 N–H and O–H groups in total. The van der Waals surface area contributed by atoms with E-state index in [1.807, 2.05) is 13.8 Å². The Labute approximate surface area is 83.3 Å². The quantitative estimate of drug-likeness (QED) is 0.624. The predicted molar refractivity (Wildman–Crippen MR) is 51.1 cm³/mol. The van der Waals surface area contributed by atoms with Crippen LogP contribution < -0.4 is 0 Å². The Morgan fingerprint density at radius 1 is 1.64 bits per heavy atom. The van der Waals surface area contributed by atoms with Crippen LogP contribution in [-0.4, -0.2) is 30.6 Å². The molecule has 14 heavy (non-hydrogen) atoms. The molecule has 1 saturated carbocycles. The Hall–Kier alpha value is -1.06. The van der Waals surface area contributed by atoms with E-state index in [1.165, 1.54) is 0 Å². The molecule has 0 amide bonds. The zero-order chi connectivity index (χ0) is 10.1. The monoisotopic (exact) mass is 197 g/mol. The molecule has 1 heterocycles. The number of hydrogen-bond acceptors (Lipinski definition) is 4. The van der Waals surface area contributed by atoms with E-state index in [2.05, 4.69) is 4.99 Å². The summed E-state index contributed by atoms with van der Waals surface area (Å²) in [7, 11) is 0. The number of aliphatic imine (C=N–C) groups is 1. The fraction of sp³-hybridized carbons (Fsp3) is 0.800. The molecule has 2 rings (SSSR count). The third-order valence-corrected chi connectivity index (χ3v) is 2.80. The first-order chi connectivity index (χ1) is 6.72. The minimum Gasteiger partial charge on any atom is -0.476 e. The third kappa shape index (κ3) is 1.49. The lowest BCUT2D eigenvalue weighted by molar-refractivity contribution is -0.148. The third-order valence-electron chi connectivity index (χ3n) is 2.80. The molecule has 0 radical (unpaired) electrons. The van der Waals surface area contributed by atoms with Crippen molar-refractivity contribution in [3.8, 4) is 0 Å². The van der Waals surface area contributed by atoms with Gasteiger partial charge in [-0.2, -0.15) is 0 Å². The van der Waals surface area contributed by atoms with Crippen molar-refractivity contribution < 1.29 is 14.3 Å². The van der Waals surface area contributed by atoms with E-state index in [-0.39, 0.29) is 24.0 Å². The van der Waals surface area contributed by atoms with E-state index in [4.69, 9.17) is 9.47 Å². The van der Waals surface area contributed by atoms with Crippen LogP contribution in [0.1, 0.15) is 26.7 Å². The van der Waals surface area contributed by atoms with E-state index in [1.54, 1.807) is 0 Å². The molecule has 0 aromatic carbocycles. The highest BCUT2D eigenvalue weighted by molar-refractivity contribution is 5.79. The van der Waals surface area contributed by atoms with Gasteiger partial charge >= 0.3 is 5.97 Å². The molecule has 0 saturated heterocycles. The average Bonchev–Trinajstić information content (AvgIpc) is 2.62. The topological polar surface area (TPSA) is 47.9 Å². The normalized spacial score (nSPS) is 34.7. The molecule has 1 aliphatic heterocycles. The van der Waals surface area contributed by atoms with Crippen LogP contribution in [0.2, 0.25) is 0 Å². The number of esters is 1. The zero-order valence-corrected chi connectivity index (χ0v) is 8.53. The van der Waals surface area contributed by atoms with Gasteiger partial charge in [-0.25, -0.2) is 4.99 Å². The van der Waals surface area contributed by atoms with Crippen LogP contribution in [0.4, 0.5) is 0 Å². The van der Waals surface area contributed by atoms with Crippen molar-refractivity contribution in [3.63, 3.8) is 0 Å². The number of nitrogens with zero attached hydrogens (tertiary/aromatic N) is 1. The van der Waals surface area contributed by atoms with Gasteiger partial charge < -0.3 is 9.47 Å². The molecule has 78 valence electrons. The molecule has 1 fully saturated rings. The van der Waals surface area contributed by atoms with Crippen molar-refractivity contribution in [1.29, 1.82) is 0 Å². The van der Waals surface area contributed by atoms with Gasteiger partial charge in [-0.05, 0) is 19.8 Å². The molecule has 4 heteroatoms. The van der Waals surface area contributed by atoms with Crippen molar-refractivity contribution in [2.24, 2.45) is 10.9 Å². The molecular weight excluding hydrogens is 182 g/mol. The lowest BCUT2D eigenvalue weighted by Gasteiger charge is -2.12. The smallest absolute Gasteiger partial charge is 0.311 e. The second kappa shape index (κ2) is 3.59. The van der Waals surface area contributed by atoms with Gasteiger partial charge in [0.05, 0.1) is 12.5 Å². The number of hydrogen-bond donors (Lipinski definition) is 0. The summed E-state index contributed by atoms with van der Waals surface area (Å²) in [5.41, 5.74) is 0. The molecule has 0 aromatic heterocycles. The van der Waals surface area contributed by atoms with Gasteiger partial charge in [0.1, 0.15) is 12.1 Å². The van der Waals surface area contributed by atoms with Crippen molar-refractivity contribution in [1.82, 2.24) is 0 Å². The Balaban J connectivity index is 2.04. The van der Waals surface area contributed by atoms with E-state index >= 15 is 0 Å². The molecule has 0 spiro atoms. The van der Waals surface area contributed by atoms with Crippen LogP contribution in [0, 0.1) is 5.92 Å². The maximum absolute atomic E-state index is 11.5. The number of carbonyl (C=O) groups excluding carboxylic acids is 1. The van der Waals surface area contributed by atoms with Gasteiger partial charge in [0.25, 0.3) is 0 Å². The van der Waals surface area contributed by atoms with Crippen LogP contribution in [0.5, 0.6) is 0 Å². The largest absolute Gasteiger partial charge is 0.476 e. The molecule has 0 bridgehead atoms. The van der Waals surface area contributed by atoms with Crippen molar-refractivity contribution in [2.75, 3.05) is 6.61 Å². The number of ether oxygens (including phenoxy) is 2. The predicted octanol–water partition coefficient (Wildman–Crippen LogP) is 1.15. The van der Waals surface area contributed by atoms with E-state index < -0.39 is 0 Å². The maximum Gasteiger partial charge on any atom is 0.311 e. The fourth-order valence-corrected chi connectivity index (χ4v) is 2.21. The first kappa shape index (κ1) is 9.49. The highest BCUT2D eigenvalue weighted by Crippen LogP contribution is 2.35. The van der Waals surface area contributed by atoms with Gasteiger partial charge in [0, 0.05) is 6.92 Å². The lowest BCUT2D eigenvalue weighted by Crippen LogP contribution is -2.28. The summed E-state index contributed by atoms with van der Waals surface area (Å²) in [4.78, 5) is 15.9. The van der Waals surface area contributed by atoms with Crippen LogP contribution in [-0.2, 0) is 14.3 Å². The highest BCUT2D eigenvalue weighted by atomic mass is 16.5. The molecule has 0 unspecified atom stereocenters. The number of rotatable bonds is 2. The van der Waals surface area contributed by atoms with E-state index in [0.29, 0.717) is 12.5 Å². The zero-order valence-electron chi connectivity index (χ0n) is 8.53. The van der Waals surface area contributed by atoms with Gasteiger partial charge in [0.15, 0.2) is 5.90 Å². The Morgan fingerprint density at radius 3 is 3.14 bits per heavy atom. The Kier molecular flexibility index (Phi) is 2.44. The van der Waals surface area contributed by atoms with Crippen molar-refractivity contribution in [3.05, 3.63) is 0 Å². The molecule has 3 atom stereocenters.